The van der Waals surface area contributed by atoms with Crippen molar-refractivity contribution < 1.29 is 24.5 Å². The largest absolute Gasteiger partial charge is 0.465 e. The molecule has 1 unspecified atom stereocenters. The molecule has 1 aromatic carbocycles. The molecule has 1 aromatic rings. The van der Waals surface area contributed by atoms with Crippen molar-refractivity contribution in [2.45, 2.75) is 25.2 Å². The average Bonchev–Trinajstić information content (AvgIpc) is 2.47. The van der Waals surface area contributed by atoms with Crippen LogP contribution in [0.4, 0.5) is 9.59 Å². The summed E-state index contributed by atoms with van der Waals surface area (Å²) in [6, 6.07) is 8.74. The van der Waals surface area contributed by atoms with Gasteiger partial charge in [-0.1, -0.05) is 30.3 Å². The van der Waals surface area contributed by atoms with E-state index < -0.39 is 24.3 Å². The second-order valence-corrected chi connectivity index (χ2v) is 4.90. The van der Waals surface area contributed by atoms with Gasteiger partial charge in [-0.25, -0.2) is 9.59 Å². The van der Waals surface area contributed by atoms with E-state index in [0.717, 1.165) is 5.56 Å². The highest BCUT2D eigenvalue weighted by Crippen LogP contribution is 2.13. The van der Waals surface area contributed by atoms with Gasteiger partial charge in [0.25, 0.3) is 0 Å². The van der Waals surface area contributed by atoms with Crippen molar-refractivity contribution in [2.75, 3.05) is 13.1 Å². The Balaban J connectivity index is 1.80. The molecule has 1 heterocycles. The molecule has 2 rings (SSSR count). The molecule has 21 heavy (non-hydrogen) atoms. The number of hydrogen-bond acceptors (Lipinski definition) is 4. The number of carboxylic acid groups (broad SMARTS) is 1. The molecule has 0 spiro atoms. The Hall–Kier alpha value is -2.28. The van der Waals surface area contributed by atoms with Gasteiger partial charge in [-0.2, -0.15) is 0 Å². The van der Waals surface area contributed by atoms with E-state index in [4.69, 9.17) is 9.84 Å². The molecule has 1 aliphatic rings. The topological polar surface area (TPSA) is 99.1 Å². The molecule has 114 valence electrons. The SMILES string of the molecule is O=C(O)NC1CCN(C(=O)OCc2ccccc2)C[C@H]1O. The lowest BCUT2D eigenvalue weighted by Crippen LogP contribution is -2.55. The van der Waals surface area contributed by atoms with E-state index in [9.17, 15) is 14.7 Å². The number of rotatable bonds is 3. The minimum atomic E-state index is -1.18. The molecule has 2 atom stereocenters. The Morgan fingerprint density at radius 2 is 2.05 bits per heavy atom. The summed E-state index contributed by atoms with van der Waals surface area (Å²) in [6.07, 6.45) is -2.27. The van der Waals surface area contributed by atoms with Crippen LogP contribution in [0.15, 0.2) is 30.3 Å². The molecule has 0 bridgehead atoms. The minimum Gasteiger partial charge on any atom is -0.465 e. The Bertz CT molecular complexity index is 493. The van der Waals surface area contributed by atoms with Gasteiger partial charge in [0.15, 0.2) is 0 Å². The van der Waals surface area contributed by atoms with Gasteiger partial charge in [0, 0.05) is 6.54 Å². The van der Waals surface area contributed by atoms with Crippen LogP contribution in [0.25, 0.3) is 0 Å². The third-order valence-electron chi connectivity index (χ3n) is 3.35. The van der Waals surface area contributed by atoms with Crippen LogP contribution in [0.3, 0.4) is 0 Å². The van der Waals surface area contributed by atoms with Gasteiger partial charge >= 0.3 is 12.2 Å². The number of aliphatic hydroxyl groups is 1. The van der Waals surface area contributed by atoms with Gasteiger partial charge in [0.05, 0.1) is 18.7 Å². The lowest BCUT2D eigenvalue weighted by molar-refractivity contribution is 0.0281. The maximum absolute atomic E-state index is 11.9. The molecule has 7 heteroatoms. The van der Waals surface area contributed by atoms with Gasteiger partial charge < -0.3 is 25.2 Å². The van der Waals surface area contributed by atoms with Crippen LogP contribution in [-0.2, 0) is 11.3 Å². The Morgan fingerprint density at radius 3 is 2.67 bits per heavy atom. The summed E-state index contributed by atoms with van der Waals surface area (Å²) in [5.41, 5.74) is 0.883. The number of carbonyl (C=O) groups is 2. The third kappa shape index (κ3) is 4.35. The number of likely N-dealkylation sites (tertiary alicyclic amines) is 1. The number of benzene rings is 1. The molecular weight excluding hydrogens is 276 g/mol. The lowest BCUT2D eigenvalue weighted by Gasteiger charge is -2.34. The van der Waals surface area contributed by atoms with Gasteiger partial charge in [-0.15, -0.1) is 0 Å². The van der Waals surface area contributed by atoms with Crippen molar-refractivity contribution >= 4 is 12.2 Å². The number of β-amino-alcohol motifs (C(OH)–C–C–N with tert-alkyl or cyclic N) is 1. The van der Waals surface area contributed by atoms with Crippen molar-refractivity contribution in [3.8, 4) is 0 Å². The molecule has 0 aromatic heterocycles. The number of hydrogen-bond donors (Lipinski definition) is 3. The number of nitrogens with one attached hydrogen (secondary N) is 1. The zero-order valence-corrected chi connectivity index (χ0v) is 11.4. The van der Waals surface area contributed by atoms with E-state index in [1.165, 1.54) is 4.90 Å². The number of piperidine rings is 1. The molecule has 1 fully saturated rings. The second kappa shape index (κ2) is 6.94. The number of aliphatic hydroxyl groups excluding tert-OH is 1. The predicted octanol–water partition coefficient (Wildman–Crippen LogP) is 1.03. The van der Waals surface area contributed by atoms with E-state index in [-0.39, 0.29) is 13.2 Å². The third-order valence-corrected chi connectivity index (χ3v) is 3.35. The summed E-state index contributed by atoms with van der Waals surface area (Å²) < 4.78 is 5.17. The highest BCUT2D eigenvalue weighted by atomic mass is 16.6. The van der Waals surface area contributed by atoms with Crippen LogP contribution in [0, 0.1) is 0 Å². The molecule has 2 amide bonds. The summed E-state index contributed by atoms with van der Waals surface area (Å²) in [4.78, 5) is 23.8. The van der Waals surface area contributed by atoms with Crippen molar-refractivity contribution in [3.63, 3.8) is 0 Å². The molecule has 7 nitrogen and oxygen atoms in total. The lowest BCUT2D eigenvalue weighted by atomic mass is 10.0. The molecule has 3 N–H and O–H groups in total. The van der Waals surface area contributed by atoms with Crippen molar-refractivity contribution in [3.05, 3.63) is 35.9 Å². The average molecular weight is 294 g/mol. The molecule has 1 aliphatic heterocycles. The van der Waals surface area contributed by atoms with Gasteiger partial charge in [0.2, 0.25) is 0 Å². The molecule has 1 saturated heterocycles. The van der Waals surface area contributed by atoms with E-state index in [1.54, 1.807) is 0 Å². The number of amides is 2. The van der Waals surface area contributed by atoms with E-state index in [1.807, 2.05) is 30.3 Å². The summed E-state index contributed by atoms with van der Waals surface area (Å²) in [6.45, 7) is 0.567. The van der Waals surface area contributed by atoms with Gasteiger partial charge in [-0.05, 0) is 12.0 Å². The normalized spacial score (nSPS) is 21.7. The first-order valence-electron chi connectivity index (χ1n) is 6.69. The number of nitrogens with zero attached hydrogens (tertiary/aromatic N) is 1. The van der Waals surface area contributed by atoms with E-state index in [0.29, 0.717) is 13.0 Å². The minimum absolute atomic E-state index is 0.0541. The van der Waals surface area contributed by atoms with Crippen LogP contribution < -0.4 is 5.32 Å². The standard InChI is InChI=1S/C14H18N2O5/c17-12-8-16(7-6-11(12)15-13(18)19)14(20)21-9-10-4-2-1-3-5-10/h1-5,11-12,15,17H,6-9H2,(H,18,19)/t11?,12-/m1/s1. The zero-order chi connectivity index (χ0) is 15.2. The maximum Gasteiger partial charge on any atom is 0.410 e. The Labute approximate surface area is 122 Å². The van der Waals surface area contributed by atoms with Crippen molar-refractivity contribution in [2.24, 2.45) is 0 Å². The quantitative estimate of drug-likeness (QED) is 0.773. The Morgan fingerprint density at radius 1 is 1.33 bits per heavy atom. The van der Waals surface area contributed by atoms with Crippen LogP contribution >= 0.6 is 0 Å². The highest BCUT2D eigenvalue weighted by Gasteiger charge is 2.31. The fraction of sp³-hybridized carbons (Fsp3) is 0.429. The van der Waals surface area contributed by atoms with Crippen molar-refractivity contribution in [1.29, 1.82) is 0 Å². The fourth-order valence-electron chi connectivity index (χ4n) is 2.24. The molecular formula is C14H18N2O5. The maximum atomic E-state index is 11.9. The van der Waals surface area contributed by atoms with E-state index in [2.05, 4.69) is 5.32 Å². The van der Waals surface area contributed by atoms with Crippen molar-refractivity contribution in [1.82, 2.24) is 10.2 Å². The van der Waals surface area contributed by atoms with Crippen LogP contribution in [-0.4, -0.2) is 52.5 Å². The highest BCUT2D eigenvalue weighted by molar-refractivity contribution is 5.68. The first-order valence-corrected chi connectivity index (χ1v) is 6.69. The first-order chi connectivity index (χ1) is 10.1. The molecule has 0 aliphatic carbocycles. The molecule has 0 radical (unpaired) electrons. The van der Waals surface area contributed by atoms with Crippen LogP contribution in [0.5, 0.6) is 0 Å². The number of carbonyl (C=O) groups excluding carboxylic acids is 1. The summed E-state index contributed by atoms with van der Waals surface area (Å²) in [5.74, 6) is 0. The fourth-order valence-corrected chi connectivity index (χ4v) is 2.24. The summed E-state index contributed by atoms with van der Waals surface area (Å²) in [5, 5.41) is 20.7. The second-order valence-electron chi connectivity index (χ2n) is 4.90. The van der Waals surface area contributed by atoms with Crippen LogP contribution in [0.2, 0.25) is 0 Å². The summed E-state index contributed by atoms with van der Waals surface area (Å²) >= 11 is 0. The van der Waals surface area contributed by atoms with E-state index >= 15 is 0 Å². The monoisotopic (exact) mass is 294 g/mol. The number of ether oxygens (including phenoxy) is 1. The molecule has 0 saturated carbocycles. The summed E-state index contributed by atoms with van der Waals surface area (Å²) in [7, 11) is 0. The van der Waals surface area contributed by atoms with Gasteiger partial charge in [0.1, 0.15) is 6.61 Å². The van der Waals surface area contributed by atoms with Crippen LogP contribution in [0.1, 0.15) is 12.0 Å². The first kappa shape index (κ1) is 15.1. The Kier molecular flexibility index (Phi) is 4.99. The van der Waals surface area contributed by atoms with Gasteiger partial charge in [-0.3, -0.25) is 0 Å². The smallest absolute Gasteiger partial charge is 0.410 e. The zero-order valence-electron chi connectivity index (χ0n) is 11.4. The predicted molar refractivity (Wildman–Crippen MR) is 73.8 cm³/mol.